The third kappa shape index (κ3) is 7.45. The second kappa shape index (κ2) is 12.2. The number of rotatable bonds is 7. The number of aliphatic imine (C=N–C) groups is 1. The van der Waals surface area contributed by atoms with Gasteiger partial charge in [0, 0.05) is 37.0 Å². The minimum atomic E-state index is -0.0488. The molecule has 0 heterocycles. The van der Waals surface area contributed by atoms with Crippen molar-refractivity contribution in [2.45, 2.75) is 20.4 Å². The van der Waals surface area contributed by atoms with Gasteiger partial charge in [-0.15, -0.1) is 24.0 Å². The maximum atomic E-state index is 11.7. The van der Waals surface area contributed by atoms with Crippen molar-refractivity contribution in [3.8, 4) is 11.5 Å². The first-order valence-electron chi connectivity index (χ1n) is 9.06. The Hall–Kier alpha value is -2.49. The largest absolute Gasteiger partial charge is 0.493 e. The van der Waals surface area contributed by atoms with Crippen LogP contribution >= 0.6 is 24.0 Å². The van der Waals surface area contributed by atoms with E-state index in [0.29, 0.717) is 24.0 Å². The van der Waals surface area contributed by atoms with E-state index >= 15 is 0 Å². The Balaban J connectivity index is 0.00000420. The molecule has 0 saturated carbocycles. The lowest BCUT2D eigenvalue weighted by molar-refractivity contribution is -0.118. The maximum Gasteiger partial charge on any atom is 0.226 e. The van der Waals surface area contributed by atoms with Gasteiger partial charge in [0.05, 0.1) is 14.2 Å². The van der Waals surface area contributed by atoms with E-state index in [1.165, 1.54) is 0 Å². The molecule has 0 aliphatic rings. The molecule has 0 radical (unpaired) electrons. The molecule has 158 valence electrons. The molecule has 2 aromatic carbocycles. The van der Waals surface area contributed by atoms with Crippen LogP contribution in [0, 0.1) is 5.92 Å². The predicted molar refractivity (Wildman–Crippen MR) is 129 cm³/mol. The van der Waals surface area contributed by atoms with E-state index < -0.39 is 0 Å². The normalized spacial score (nSPS) is 10.8. The van der Waals surface area contributed by atoms with Gasteiger partial charge in [-0.25, -0.2) is 0 Å². The molecule has 0 aliphatic carbocycles. The van der Waals surface area contributed by atoms with Crippen molar-refractivity contribution >= 4 is 47.2 Å². The summed E-state index contributed by atoms with van der Waals surface area (Å²) in [6, 6.07) is 13.3. The number of ether oxygens (including phenoxy) is 2. The van der Waals surface area contributed by atoms with Gasteiger partial charge in [-0.1, -0.05) is 26.0 Å². The summed E-state index contributed by atoms with van der Waals surface area (Å²) in [7, 11) is 4.91. The molecule has 0 spiro atoms. The minimum Gasteiger partial charge on any atom is -0.493 e. The molecule has 2 aromatic rings. The van der Waals surface area contributed by atoms with Crippen LogP contribution in [0.1, 0.15) is 19.4 Å². The van der Waals surface area contributed by atoms with Gasteiger partial charge in [0.2, 0.25) is 5.91 Å². The van der Waals surface area contributed by atoms with E-state index in [9.17, 15) is 4.79 Å². The first kappa shape index (κ1) is 24.5. The highest BCUT2D eigenvalue weighted by Crippen LogP contribution is 2.29. The second-order valence-corrected chi connectivity index (χ2v) is 6.46. The zero-order chi connectivity index (χ0) is 20.5. The van der Waals surface area contributed by atoms with Gasteiger partial charge in [-0.3, -0.25) is 9.79 Å². The van der Waals surface area contributed by atoms with E-state index in [4.69, 9.17) is 9.47 Å². The number of carbonyl (C=O) groups is 1. The van der Waals surface area contributed by atoms with Gasteiger partial charge in [0.25, 0.3) is 0 Å². The van der Waals surface area contributed by atoms with Crippen LogP contribution in [0.4, 0.5) is 11.4 Å². The van der Waals surface area contributed by atoms with Crippen LogP contribution in [0.25, 0.3) is 0 Å². The van der Waals surface area contributed by atoms with E-state index in [1.807, 2.05) is 56.3 Å². The molecule has 0 atom stereocenters. The summed E-state index contributed by atoms with van der Waals surface area (Å²) in [5.41, 5.74) is 2.69. The molecule has 0 fully saturated rings. The molecule has 8 heteroatoms. The lowest BCUT2D eigenvalue weighted by atomic mass is 10.1. The maximum absolute atomic E-state index is 11.7. The van der Waals surface area contributed by atoms with Crippen molar-refractivity contribution in [2.24, 2.45) is 10.9 Å². The van der Waals surface area contributed by atoms with Crippen molar-refractivity contribution in [1.82, 2.24) is 5.32 Å². The van der Waals surface area contributed by atoms with Crippen LogP contribution in [0.5, 0.6) is 11.5 Å². The summed E-state index contributed by atoms with van der Waals surface area (Å²) in [6.45, 7) is 4.32. The van der Waals surface area contributed by atoms with Crippen molar-refractivity contribution < 1.29 is 14.3 Å². The average Bonchev–Trinajstić information content (AvgIpc) is 2.71. The smallest absolute Gasteiger partial charge is 0.226 e. The number of guanidine groups is 1. The molecule has 0 unspecified atom stereocenters. The monoisotopic (exact) mass is 512 g/mol. The number of nitrogens with zero attached hydrogens (tertiary/aromatic N) is 1. The quantitative estimate of drug-likeness (QED) is 0.296. The Labute approximate surface area is 189 Å². The van der Waals surface area contributed by atoms with Crippen molar-refractivity contribution in [3.63, 3.8) is 0 Å². The highest BCUT2D eigenvalue weighted by Gasteiger charge is 2.08. The standard InChI is InChI=1S/C21H28N4O3.HI/c1-14(2)20(26)24-16-8-6-15(7-9-16)13-23-21(22-3)25-17-10-11-18(27-4)19(12-17)28-5;/h6-12,14H,13H2,1-5H3,(H,24,26)(H2,22,23,25);1H. The highest BCUT2D eigenvalue weighted by atomic mass is 127. The zero-order valence-electron chi connectivity index (χ0n) is 17.4. The molecular weight excluding hydrogens is 483 g/mol. The van der Waals surface area contributed by atoms with Crippen molar-refractivity contribution in [3.05, 3.63) is 48.0 Å². The van der Waals surface area contributed by atoms with Gasteiger partial charge in [-0.05, 0) is 29.8 Å². The van der Waals surface area contributed by atoms with E-state index in [2.05, 4.69) is 20.9 Å². The van der Waals surface area contributed by atoms with E-state index in [-0.39, 0.29) is 35.8 Å². The van der Waals surface area contributed by atoms with Gasteiger partial charge in [0.15, 0.2) is 17.5 Å². The Morgan fingerprint density at radius 3 is 2.14 bits per heavy atom. The molecule has 3 N–H and O–H groups in total. The molecule has 0 aliphatic heterocycles. The number of halogens is 1. The van der Waals surface area contributed by atoms with Crippen LogP contribution in [0.2, 0.25) is 0 Å². The Morgan fingerprint density at radius 1 is 0.966 bits per heavy atom. The number of anilines is 2. The van der Waals surface area contributed by atoms with E-state index in [1.54, 1.807) is 21.3 Å². The van der Waals surface area contributed by atoms with Crippen LogP contribution in [-0.4, -0.2) is 33.1 Å². The fraction of sp³-hybridized carbons (Fsp3) is 0.333. The number of amides is 1. The van der Waals surface area contributed by atoms with Crippen molar-refractivity contribution in [1.29, 1.82) is 0 Å². The number of hydrogen-bond donors (Lipinski definition) is 3. The molecule has 0 aromatic heterocycles. The van der Waals surface area contributed by atoms with Crippen molar-refractivity contribution in [2.75, 3.05) is 31.9 Å². The summed E-state index contributed by atoms with van der Waals surface area (Å²) in [5, 5.41) is 9.36. The third-order valence-corrected chi connectivity index (χ3v) is 4.08. The predicted octanol–water partition coefficient (Wildman–Crippen LogP) is 4.10. The Bertz CT molecular complexity index is 823. The number of methoxy groups -OCH3 is 2. The molecule has 0 bridgehead atoms. The molecule has 2 rings (SSSR count). The average molecular weight is 512 g/mol. The summed E-state index contributed by atoms with van der Waals surface area (Å²) in [6.07, 6.45) is 0. The third-order valence-electron chi connectivity index (χ3n) is 4.08. The molecule has 0 saturated heterocycles. The second-order valence-electron chi connectivity index (χ2n) is 6.46. The summed E-state index contributed by atoms with van der Waals surface area (Å²) >= 11 is 0. The van der Waals surface area contributed by atoms with Crippen LogP contribution in [-0.2, 0) is 11.3 Å². The fourth-order valence-corrected chi connectivity index (χ4v) is 2.41. The zero-order valence-corrected chi connectivity index (χ0v) is 19.7. The molecular formula is C21H29IN4O3. The highest BCUT2D eigenvalue weighted by molar-refractivity contribution is 14.0. The molecule has 1 amide bonds. The molecule has 7 nitrogen and oxygen atoms in total. The Morgan fingerprint density at radius 2 is 1.59 bits per heavy atom. The minimum absolute atomic E-state index is 0. The van der Waals surface area contributed by atoms with Gasteiger partial charge >= 0.3 is 0 Å². The summed E-state index contributed by atoms with van der Waals surface area (Å²) in [5.74, 6) is 1.89. The van der Waals surface area contributed by atoms with Crippen LogP contribution in [0.3, 0.4) is 0 Å². The van der Waals surface area contributed by atoms with E-state index in [0.717, 1.165) is 16.9 Å². The number of carbonyl (C=O) groups excluding carboxylic acids is 1. The summed E-state index contributed by atoms with van der Waals surface area (Å²) in [4.78, 5) is 16.0. The lowest BCUT2D eigenvalue weighted by Gasteiger charge is -2.14. The molecule has 29 heavy (non-hydrogen) atoms. The fourth-order valence-electron chi connectivity index (χ4n) is 2.41. The van der Waals surface area contributed by atoms with Crippen LogP contribution < -0.4 is 25.4 Å². The SMILES string of the molecule is CN=C(NCc1ccc(NC(=O)C(C)C)cc1)Nc1ccc(OC)c(OC)c1.I. The number of hydrogen-bond acceptors (Lipinski definition) is 4. The lowest BCUT2D eigenvalue weighted by Crippen LogP contribution is -2.30. The van der Waals surface area contributed by atoms with Gasteiger partial charge in [0.1, 0.15) is 0 Å². The van der Waals surface area contributed by atoms with Gasteiger partial charge < -0.3 is 25.4 Å². The van der Waals surface area contributed by atoms with Gasteiger partial charge in [-0.2, -0.15) is 0 Å². The van der Waals surface area contributed by atoms with Crippen LogP contribution in [0.15, 0.2) is 47.5 Å². The first-order chi connectivity index (χ1) is 13.5. The number of benzene rings is 2. The topological polar surface area (TPSA) is 84.0 Å². The summed E-state index contributed by atoms with van der Waals surface area (Å²) < 4.78 is 10.6. The number of nitrogens with one attached hydrogen (secondary N) is 3. The first-order valence-corrected chi connectivity index (χ1v) is 9.06. The Kier molecular flexibility index (Phi) is 10.3.